The largest absolute Gasteiger partial charge is 0.346 e. The van der Waals surface area contributed by atoms with Gasteiger partial charge in [0.15, 0.2) is 0 Å². The number of aryl methyl sites for hydroxylation is 1. The first-order valence-electron chi connectivity index (χ1n) is 6.60. The standard InChI is InChI=1S/C14H16N3O3PS/c1-10-9-22-13(17-10)5-6-16-14(21(18,19)20)12-4-2-3-11(7-12)8-15/h2-4,7,9,14,16H,5-6H2,1H3,(H2,18,19,20)/t14-/m0/s1. The highest BCUT2D eigenvalue weighted by atomic mass is 32.1. The average Bonchev–Trinajstić information content (AvgIpc) is 2.88. The predicted octanol–water partition coefficient (Wildman–Crippen LogP) is 2.33. The molecular weight excluding hydrogens is 321 g/mol. The van der Waals surface area contributed by atoms with E-state index < -0.39 is 13.4 Å². The minimum Gasteiger partial charge on any atom is -0.323 e. The summed E-state index contributed by atoms with van der Waals surface area (Å²) < 4.78 is 11.7. The molecular formula is C14H16N3O3PS. The minimum absolute atomic E-state index is 0.369. The zero-order chi connectivity index (χ0) is 16.2. The molecule has 0 aliphatic carbocycles. The monoisotopic (exact) mass is 337 g/mol. The number of benzene rings is 1. The van der Waals surface area contributed by atoms with Gasteiger partial charge in [-0.2, -0.15) is 5.26 Å². The molecule has 0 saturated carbocycles. The van der Waals surface area contributed by atoms with Crippen molar-refractivity contribution >= 4 is 18.9 Å². The first kappa shape index (κ1) is 16.8. The molecule has 116 valence electrons. The van der Waals surface area contributed by atoms with Crippen LogP contribution in [0.15, 0.2) is 29.6 Å². The molecule has 1 aromatic carbocycles. The molecule has 0 aliphatic heterocycles. The SMILES string of the molecule is Cc1csc(CCN[C@H](c2cccc(C#N)c2)P(=O)(O)O)n1. The molecule has 0 saturated heterocycles. The lowest BCUT2D eigenvalue weighted by atomic mass is 10.1. The van der Waals surface area contributed by atoms with Gasteiger partial charge in [0, 0.05) is 24.0 Å². The molecule has 22 heavy (non-hydrogen) atoms. The van der Waals surface area contributed by atoms with Crippen molar-refractivity contribution in [3.63, 3.8) is 0 Å². The number of hydrogen-bond donors (Lipinski definition) is 3. The molecule has 0 spiro atoms. The Morgan fingerprint density at radius 1 is 1.50 bits per heavy atom. The molecule has 0 fully saturated rings. The summed E-state index contributed by atoms with van der Waals surface area (Å²) in [6, 6.07) is 8.27. The van der Waals surface area contributed by atoms with Crippen LogP contribution < -0.4 is 5.32 Å². The Hall–Kier alpha value is -1.55. The molecule has 2 aromatic rings. The predicted molar refractivity (Wildman–Crippen MR) is 84.5 cm³/mol. The Balaban J connectivity index is 2.10. The van der Waals surface area contributed by atoms with Crippen molar-refractivity contribution < 1.29 is 14.4 Å². The van der Waals surface area contributed by atoms with Gasteiger partial charge in [-0.3, -0.25) is 9.88 Å². The number of rotatable bonds is 6. The Kier molecular flexibility index (Phi) is 5.46. The van der Waals surface area contributed by atoms with Crippen molar-refractivity contribution in [3.8, 4) is 6.07 Å². The normalized spacial score (nSPS) is 12.8. The number of nitrogens with zero attached hydrogens (tertiary/aromatic N) is 2. The summed E-state index contributed by atoms with van der Waals surface area (Å²) in [5.41, 5.74) is 1.71. The summed E-state index contributed by atoms with van der Waals surface area (Å²) in [6.07, 6.45) is 0.590. The van der Waals surface area contributed by atoms with Crippen molar-refractivity contribution in [3.05, 3.63) is 51.5 Å². The van der Waals surface area contributed by atoms with Crippen LogP contribution >= 0.6 is 18.9 Å². The topological polar surface area (TPSA) is 106 Å². The van der Waals surface area contributed by atoms with E-state index in [4.69, 9.17) is 5.26 Å². The second kappa shape index (κ2) is 7.14. The number of aromatic nitrogens is 1. The molecule has 1 heterocycles. The zero-order valence-corrected chi connectivity index (χ0v) is 13.6. The van der Waals surface area contributed by atoms with E-state index in [1.165, 1.54) is 17.4 Å². The average molecular weight is 337 g/mol. The van der Waals surface area contributed by atoms with Crippen LogP contribution in [0.2, 0.25) is 0 Å². The summed E-state index contributed by atoms with van der Waals surface area (Å²) in [6.45, 7) is 2.29. The van der Waals surface area contributed by atoms with Gasteiger partial charge in [-0.1, -0.05) is 12.1 Å². The zero-order valence-electron chi connectivity index (χ0n) is 11.9. The van der Waals surface area contributed by atoms with Crippen molar-refractivity contribution in [1.82, 2.24) is 10.3 Å². The van der Waals surface area contributed by atoms with Gasteiger partial charge in [0.2, 0.25) is 0 Å². The molecule has 3 N–H and O–H groups in total. The van der Waals surface area contributed by atoms with Gasteiger partial charge in [-0.15, -0.1) is 11.3 Å². The lowest BCUT2D eigenvalue weighted by Crippen LogP contribution is -2.24. The first-order valence-corrected chi connectivity index (χ1v) is 9.16. The van der Waals surface area contributed by atoms with Crippen molar-refractivity contribution in [2.45, 2.75) is 19.1 Å². The Labute approximate surface area is 132 Å². The molecule has 1 aromatic heterocycles. The van der Waals surface area contributed by atoms with Gasteiger partial charge < -0.3 is 9.79 Å². The summed E-state index contributed by atoms with van der Waals surface area (Å²) >= 11 is 1.52. The summed E-state index contributed by atoms with van der Waals surface area (Å²) in [4.78, 5) is 23.4. The maximum absolute atomic E-state index is 11.7. The van der Waals surface area contributed by atoms with Crippen LogP contribution in [0.1, 0.15) is 27.6 Å². The van der Waals surface area contributed by atoms with Crippen LogP contribution in [-0.4, -0.2) is 21.3 Å². The van der Waals surface area contributed by atoms with Gasteiger partial charge in [0.1, 0.15) is 5.78 Å². The van der Waals surface area contributed by atoms with Gasteiger partial charge in [-0.05, 0) is 24.6 Å². The highest BCUT2D eigenvalue weighted by molar-refractivity contribution is 7.52. The van der Waals surface area contributed by atoms with Gasteiger partial charge in [0.25, 0.3) is 0 Å². The smallest absolute Gasteiger partial charge is 0.323 e. The Bertz CT molecular complexity index is 735. The molecule has 0 aliphatic rings. The third-order valence-electron chi connectivity index (χ3n) is 3.01. The lowest BCUT2D eigenvalue weighted by molar-refractivity contribution is 0.348. The Morgan fingerprint density at radius 3 is 2.86 bits per heavy atom. The summed E-state index contributed by atoms with van der Waals surface area (Å²) in [5, 5.41) is 14.6. The second-order valence-corrected chi connectivity index (χ2v) is 7.45. The maximum atomic E-state index is 11.7. The summed E-state index contributed by atoms with van der Waals surface area (Å²) in [5.74, 6) is -1.12. The van der Waals surface area contributed by atoms with Crippen LogP contribution in [0.5, 0.6) is 0 Å². The third-order valence-corrected chi connectivity index (χ3v) is 5.19. The third kappa shape index (κ3) is 4.47. The van der Waals surface area contributed by atoms with Crippen LogP contribution in [0, 0.1) is 18.3 Å². The molecule has 2 rings (SSSR count). The fraction of sp³-hybridized carbons (Fsp3) is 0.286. The van der Waals surface area contributed by atoms with Crippen molar-refractivity contribution in [1.29, 1.82) is 5.26 Å². The Morgan fingerprint density at radius 2 is 2.27 bits per heavy atom. The number of nitrogens with one attached hydrogen (secondary N) is 1. The molecule has 6 nitrogen and oxygen atoms in total. The summed E-state index contributed by atoms with van der Waals surface area (Å²) in [7, 11) is -4.38. The highest BCUT2D eigenvalue weighted by Crippen LogP contribution is 2.49. The minimum atomic E-state index is -4.38. The van der Waals surface area contributed by atoms with Gasteiger partial charge in [0.05, 0.1) is 16.6 Å². The van der Waals surface area contributed by atoms with E-state index in [0.717, 1.165) is 10.7 Å². The van der Waals surface area contributed by atoms with Gasteiger partial charge >= 0.3 is 7.60 Å². The van der Waals surface area contributed by atoms with E-state index in [0.29, 0.717) is 24.1 Å². The van der Waals surface area contributed by atoms with Crippen LogP contribution in [0.25, 0.3) is 0 Å². The fourth-order valence-electron chi connectivity index (χ4n) is 2.04. The number of hydrogen-bond acceptors (Lipinski definition) is 5. The highest BCUT2D eigenvalue weighted by Gasteiger charge is 2.30. The number of nitriles is 1. The lowest BCUT2D eigenvalue weighted by Gasteiger charge is -2.20. The van der Waals surface area contributed by atoms with E-state index in [1.807, 2.05) is 18.4 Å². The quantitative estimate of drug-likeness (QED) is 0.699. The maximum Gasteiger partial charge on any atom is 0.346 e. The van der Waals surface area contributed by atoms with E-state index in [2.05, 4.69) is 10.3 Å². The van der Waals surface area contributed by atoms with E-state index in [-0.39, 0.29) is 0 Å². The fourth-order valence-corrected chi connectivity index (χ4v) is 3.73. The molecule has 1 atom stereocenters. The van der Waals surface area contributed by atoms with E-state index in [9.17, 15) is 14.4 Å². The first-order chi connectivity index (χ1) is 10.4. The molecule has 0 radical (unpaired) electrons. The van der Waals surface area contributed by atoms with E-state index in [1.54, 1.807) is 18.2 Å². The van der Waals surface area contributed by atoms with E-state index >= 15 is 0 Å². The van der Waals surface area contributed by atoms with Crippen LogP contribution in [0.3, 0.4) is 0 Å². The van der Waals surface area contributed by atoms with Crippen LogP contribution in [0.4, 0.5) is 0 Å². The van der Waals surface area contributed by atoms with Crippen molar-refractivity contribution in [2.75, 3.05) is 6.54 Å². The van der Waals surface area contributed by atoms with Crippen molar-refractivity contribution in [2.24, 2.45) is 0 Å². The second-order valence-electron chi connectivity index (χ2n) is 4.82. The van der Waals surface area contributed by atoms with Crippen LogP contribution in [-0.2, 0) is 11.0 Å². The molecule has 0 bridgehead atoms. The molecule has 8 heteroatoms. The molecule has 0 amide bonds. The van der Waals surface area contributed by atoms with Gasteiger partial charge in [-0.25, -0.2) is 4.98 Å². The molecule has 0 unspecified atom stereocenters. The number of thiazole rings is 1.